The van der Waals surface area contributed by atoms with Crippen molar-refractivity contribution in [1.29, 1.82) is 0 Å². The Hall–Kier alpha value is -1.75. The highest BCUT2D eigenvalue weighted by molar-refractivity contribution is 9.10. The molecule has 104 valence electrons. The minimum atomic E-state index is -0.875. The van der Waals surface area contributed by atoms with Gasteiger partial charge < -0.3 is 4.74 Å². The molecule has 0 amide bonds. The van der Waals surface area contributed by atoms with Crippen LogP contribution in [0.25, 0.3) is 0 Å². The number of carbonyl (C=O) groups excluding carboxylic acids is 1. The van der Waals surface area contributed by atoms with E-state index in [4.69, 9.17) is 4.74 Å². The molecular formula is C15H11BrF2O2. The van der Waals surface area contributed by atoms with Crippen molar-refractivity contribution in [1.82, 2.24) is 0 Å². The topological polar surface area (TPSA) is 26.3 Å². The fraction of sp³-hybridized carbons (Fsp3) is 0.133. The molecule has 0 saturated carbocycles. The van der Waals surface area contributed by atoms with E-state index in [0.29, 0.717) is 16.8 Å². The average molecular weight is 341 g/mol. The van der Waals surface area contributed by atoms with Gasteiger partial charge in [-0.15, -0.1) is 0 Å². The van der Waals surface area contributed by atoms with Gasteiger partial charge >= 0.3 is 0 Å². The van der Waals surface area contributed by atoms with E-state index in [9.17, 15) is 13.6 Å². The molecule has 2 aromatic rings. The normalized spacial score (nSPS) is 10.4. The molecule has 0 aliphatic heterocycles. The first-order chi connectivity index (χ1) is 9.54. The van der Waals surface area contributed by atoms with Crippen LogP contribution in [-0.4, -0.2) is 12.4 Å². The van der Waals surface area contributed by atoms with E-state index >= 15 is 0 Å². The average Bonchev–Trinajstić information content (AvgIpc) is 2.41. The molecule has 0 bridgehead atoms. The number of halogens is 3. The molecule has 0 heterocycles. The predicted molar refractivity (Wildman–Crippen MR) is 75.1 cm³/mol. The van der Waals surface area contributed by atoms with Crippen LogP contribution in [0.2, 0.25) is 0 Å². The molecule has 0 aromatic heterocycles. The summed E-state index contributed by atoms with van der Waals surface area (Å²) in [6, 6.07) is 7.87. The van der Waals surface area contributed by atoms with Crippen molar-refractivity contribution in [2.24, 2.45) is 0 Å². The lowest BCUT2D eigenvalue weighted by Gasteiger charge is -2.08. The molecule has 0 aliphatic carbocycles. The van der Waals surface area contributed by atoms with Crippen LogP contribution in [0.3, 0.4) is 0 Å². The summed E-state index contributed by atoms with van der Waals surface area (Å²) in [6.45, 7) is 2.31. The SMILES string of the molecule is CCOc1ccc(C(=O)c2c(F)cccc2F)cc1Br. The maximum atomic E-state index is 13.6. The van der Waals surface area contributed by atoms with Gasteiger partial charge in [0.05, 0.1) is 16.6 Å². The maximum absolute atomic E-state index is 13.6. The lowest BCUT2D eigenvalue weighted by Crippen LogP contribution is -2.07. The summed E-state index contributed by atoms with van der Waals surface area (Å²) in [6.07, 6.45) is 0. The van der Waals surface area contributed by atoms with Crippen molar-refractivity contribution < 1.29 is 18.3 Å². The highest BCUT2D eigenvalue weighted by Crippen LogP contribution is 2.27. The van der Waals surface area contributed by atoms with Crippen molar-refractivity contribution in [2.45, 2.75) is 6.92 Å². The first kappa shape index (κ1) is 14.7. The van der Waals surface area contributed by atoms with Crippen molar-refractivity contribution in [3.8, 4) is 5.75 Å². The molecule has 0 saturated heterocycles. The zero-order valence-corrected chi connectivity index (χ0v) is 12.2. The summed E-state index contributed by atoms with van der Waals surface area (Å²) in [4.78, 5) is 12.2. The number of ether oxygens (including phenoxy) is 1. The quantitative estimate of drug-likeness (QED) is 0.773. The molecule has 20 heavy (non-hydrogen) atoms. The van der Waals surface area contributed by atoms with Crippen LogP contribution >= 0.6 is 15.9 Å². The van der Waals surface area contributed by atoms with Crippen molar-refractivity contribution in [3.63, 3.8) is 0 Å². The second-order valence-corrected chi connectivity index (χ2v) is 4.86. The summed E-state index contributed by atoms with van der Waals surface area (Å²) in [5.74, 6) is -1.89. The second-order valence-electron chi connectivity index (χ2n) is 4.00. The molecule has 2 rings (SSSR count). The zero-order valence-electron chi connectivity index (χ0n) is 10.6. The van der Waals surface area contributed by atoms with Gasteiger partial charge in [-0.3, -0.25) is 4.79 Å². The zero-order chi connectivity index (χ0) is 14.7. The Morgan fingerprint density at radius 1 is 1.20 bits per heavy atom. The second kappa shape index (κ2) is 6.13. The van der Waals surface area contributed by atoms with Gasteiger partial charge in [0, 0.05) is 5.56 Å². The Kier molecular flexibility index (Phi) is 4.49. The first-order valence-corrected chi connectivity index (χ1v) is 6.75. The lowest BCUT2D eigenvalue weighted by atomic mass is 10.0. The molecule has 0 aliphatic rings. The van der Waals surface area contributed by atoms with Crippen LogP contribution in [0, 0.1) is 11.6 Å². The maximum Gasteiger partial charge on any atom is 0.198 e. The standard InChI is InChI=1S/C15H11BrF2O2/c1-2-20-13-7-6-9(8-10(13)16)15(19)14-11(17)4-3-5-12(14)18/h3-8H,2H2,1H3. The molecular weight excluding hydrogens is 330 g/mol. The van der Waals surface area contributed by atoms with E-state index in [1.165, 1.54) is 18.2 Å². The number of ketones is 1. The largest absolute Gasteiger partial charge is 0.493 e. The van der Waals surface area contributed by atoms with Gasteiger partial charge in [0.25, 0.3) is 0 Å². The predicted octanol–water partition coefficient (Wildman–Crippen LogP) is 4.36. The lowest BCUT2D eigenvalue weighted by molar-refractivity contribution is 0.103. The van der Waals surface area contributed by atoms with Gasteiger partial charge in [-0.05, 0) is 53.2 Å². The van der Waals surface area contributed by atoms with Gasteiger partial charge in [0.15, 0.2) is 5.78 Å². The van der Waals surface area contributed by atoms with Crippen molar-refractivity contribution in [2.75, 3.05) is 6.61 Å². The van der Waals surface area contributed by atoms with Crippen LogP contribution in [0.4, 0.5) is 8.78 Å². The minimum Gasteiger partial charge on any atom is -0.493 e. The van der Waals surface area contributed by atoms with Crippen molar-refractivity contribution in [3.05, 3.63) is 63.6 Å². The number of hydrogen-bond donors (Lipinski definition) is 0. The van der Waals surface area contributed by atoms with E-state index < -0.39 is 23.0 Å². The molecule has 0 unspecified atom stereocenters. The Bertz CT molecular complexity index is 636. The van der Waals surface area contributed by atoms with Crippen molar-refractivity contribution >= 4 is 21.7 Å². The molecule has 0 atom stereocenters. The Labute approximate surface area is 123 Å². The van der Waals surface area contributed by atoms with E-state index in [1.54, 1.807) is 6.07 Å². The molecule has 0 radical (unpaired) electrons. The number of benzene rings is 2. The van der Waals surface area contributed by atoms with Crippen LogP contribution in [0.15, 0.2) is 40.9 Å². The van der Waals surface area contributed by atoms with Crippen LogP contribution in [-0.2, 0) is 0 Å². The smallest absolute Gasteiger partial charge is 0.198 e. The van der Waals surface area contributed by atoms with Gasteiger partial charge in [-0.2, -0.15) is 0 Å². The number of hydrogen-bond acceptors (Lipinski definition) is 2. The summed E-state index contributed by atoms with van der Waals surface area (Å²) >= 11 is 3.26. The van der Waals surface area contributed by atoms with Gasteiger partial charge in [-0.1, -0.05) is 6.07 Å². The third-order valence-corrected chi connectivity index (χ3v) is 3.30. The summed E-state index contributed by atoms with van der Waals surface area (Å²) in [5, 5.41) is 0. The van der Waals surface area contributed by atoms with Gasteiger partial charge in [0.1, 0.15) is 17.4 Å². The Balaban J connectivity index is 2.41. The highest BCUT2D eigenvalue weighted by Gasteiger charge is 2.19. The summed E-state index contributed by atoms with van der Waals surface area (Å²) in [7, 11) is 0. The molecule has 0 N–H and O–H groups in total. The van der Waals surface area contributed by atoms with Gasteiger partial charge in [0.2, 0.25) is 0 Å². The van der Waals surface area contributed by atoms with Crippen LogP contribution < -0.4 is 4.74 Å². The van der Waals surface area contributed by atoms with E-state index in [1.807, 2.05) is 6.92 Å². The van der Waals surface area contributed by atoms with E-state index in [2.05, 4.69) is 15.9 Å². The van der Waals surface area contributed by atoms with Crippen LogP contribution in [0.1, 0.15) is 22.8 Å². The number of carbonyl (C=O) groups is 1. The summed E-state index contributed by atoms with van der Waals surface area (Å²) in [5.41, 5.74) is -0.368. The summed E-state index contributed by atoms with van der Waals surface area (Å²) < 4.78 is 33.1. The molecule has 2 aromatic carbocycles. The van der Waals surface area contributed by atoms with Gasteiger partial charge in [-0.25, -0.2) is 8.78 Å². The molecule has 0 fully saturated rings. The fourth-order valence-electron chi connectivity index (χ4n) is 1.77. The first-order valence-electron chi connectivity index (χ1n) is 5.95. The monoisotopic (exact) mass is 340 g/mol. The molecule has 5 heteroatoms. The van der Waals surface area contributed by atoms with E-state index in [-0.39, 0.29) is 5.56 Å². The van der Waals surface area contributed by atoms with Crippen LogP contribution in [0.5, 0.6) is 5.75 Å². The Morgan fingerprint density at radius 2 is 1.85 bits per heavy atom. The third kappa shape index (κ3) is 2.88. The van der Waals surface area contributed by atoms with E-state index in [0.717, 1.165) is 12.1 Å². The third-order valence-electron chi connectivity index (χ3n) is 2.68. The Morgan fingerprint density at radius 3 is 2.40 bits per heavy atom. The molecule has 2 nitrogen and oxygen atoms in total. The highest BCUT2D eigenvalue weighted by atomic mass is 79.9. The minimum absolute atomic E-state index is 0.185. The molecule has 0 spiro atoms. The number of rotatable bonds is 4. The fourth-order valence-corrected chi connectivity index (χ4v) is 2.27.